The molecule has 1 atom stereocenters. The lowest BCUT2D eigenvalue weighted by molar-refractivity contribution is 0.0810. The zero-order chi connectivity index (χ0) is 11.1. The molecule has 0 saturated carbocycles. The van der Waals surface area contributed by atoms with E-state index in [1.165, 1.54) is 21.8 Å². The van der Waals surface area contributed by atoms with Gasteiger partial charge in [-0.2, -0.15) is 0 Å². The van der Waals surface area contributed by atoms with Gasteiger partial charge in [-0.25, -0.2) is 0 Å². The molecule has 1 heterocycles. The van der Waals surface area contributed by atoms with Crippen LogP contribution < -0.4 is 0 Å². The lowest BCUT2D eigenvalue weighted by Crippen LogP contribution is -2.21. The topological polar surface area (TPSA) is 20.2 Å². The van der Waals surface area contributed by atoms with Gasteiger partial charge in [0.15, 0.2) is 0 Å². The van der Waals surface area contributed by atoms with Crippen molar-refractivity contribution in [2.75, 3.05) is 5.75 Å². The summed E-state index contributed by atoms with van der Waals surface area (Å²) >= 11 is 1.94. The van der Waals surface area contributed by atoms with Crippen molar-refractivity contribution in [3.05, 3.63) is 29.3 Å². The molecule has 0 fully saturated rings. The Balaban J connectivity index is 2.26. The Labute approximate surface area is 95.9 Å². The molecule has 0 aromatic heterocycles. The van der Waals surface area contributed by atoms with E-state index in [4.69, 9.17) is 0 Å². The van der Waals surface area contributed by atoms with Gasteiger partial charge < -0.3 is 5.11 Å². The highest BCUT2D eigenvalue weighted by Gasteiger charge is 2.21. The molecule has 0 amide bonds. The van der Waals surface area contributed by atoms with Gasteiger partial charge in [0.1, 0.15) is 0 Å². The van der Waals surface area contributed by atoms with Gasteiger partial charge >= 0.3 is 0 Å². The second-order valence-electron chi connectivity index (χ2n) is 5.07. The van der Waals surface area contributed by atoms with Crippen LogP contribution in [0.15, 0.2) is 23.1 Å². The van der Waals surface area contributed by atoms with Crippen LogP contribution in [-0.4, -0.2) is 16.5 Å². The third-order valence-corrected chi connectivity index (χ3v) is 4.08. The fourth-order valence-electron chi connectivity index (χ4n) is 2.03. The second kappa shape index (κ2) is 3.84. The SMILES string of the molecule is CC1CSc2ccc(CC(C)(C)O)cc21. The van der Waals surface area contributed by atoms with Crippen molar-refractivity contribution in [2.24, 2.45) is 0 Å². The monoisotopic (exact) mass is 222 g/mol. The zero-order valence-corrected chi connectivity index (χ0v) is 10.4. The van der Waals surface area contributed by atoms with Gasteiger partial charge in [0.2, 0.25) is 0 Å². The van der Waals surface area contributed by atoms with Crippen molar-refractivity contribution in [2.45, 2.75) is 43.6 Å². The second-order valence-corrected chi connectivity index (χ2v) is 6.14. The summed E-state index contributed by atoms with van der Waals surface area (Å²) in [5.41, 5.74) is 2.10. The number of hydrogen-bond acceptors (Lipinski definition) is 2. The molecule has 0 spiro atoms. The van der Waals surface area contributed by atoms with Gasteiger partial charge in [-0.15, -0.1) is 11.8 Å². The van der Waals surface area contributed by atoms with Gasteiger partial charge in [0, 0.05) is 17.1 Å². The van der Waals surface area contributed by atoms with E-state index < -0.39 is 5.60 Å². The highest BCUT2D eigenvalue weighted by atomic mass is 32.2. The summed E-state index contributed by atoms with van der Waals surface area (Å²) < 4.78 is 0. The summed E-state index contributed by atoms with van der Waals surface area (Å²) in [7, 11) is 0. The first-order chi connectivity index (χ1) is 6.96. The maximum Gasteiger partial charge on any atom is 0.0631 e. The number of rotatable bonds is 2. The van der Waals surface area contributed by atoms with E-state index in [0.29, 0.717) is 5.92 Å². The predicted molar refractivity (Wildman–Crippen MR) is 65.6 cm³/mol. The van der Waals surface area contributed by atoms with Gasteiger partial charge in [-0.1, -0.05) is 19.1 Å². The minimum Gasteiger partial charge on any atom is -0.390 e. The summed E-state index contributed by atoms with van der Waals surface area (Å²) in [6, 6.07) is 6.60. The van der Waals surface area contributed by atoms with Crippen molar-refractivity contribution in [1.29, 1.82) is 0 Å². The molecule has 1 nitrogen and oxygen atoms in total. The highest BCUT2D eigenvalue weighted by Crippen LogP contribution is 2.39. The van der Waals surface area contributed by atoms with E-state index in [9.17, 15) is 5.11 Å². The number of fused-ring (bicyclic) bond motifs is 1. The van der Waals surface area contributed by atoms with Crippen LogP contribution in [0.25, 0.3) is 0 Å². The Kier molecular flexibility index (Phi) is 2.82. The molecular weight excluding hydrogens is 204 g/mol. The third kappa shape index (κ3) is 2.56. The van der Waals surface area contributed by atoms with Crippen LogP contribution in [0.3, 0.4) is 0 Å². The lowest BCUT2D eigenvalue weighted by atomic mass is 9.94. The van der Waals surface area contributed by atoms with E-state index in [2.05, 4.69) is 25.1 Å². The summed E-state index contributed by atoms with van der Waals surface area (Å²) in [5, 5.41) is 9.78. The van der Waals surface area contributed by atoms with Crippen molar-refractivity contribution < 1.29 is 5.11 Å². The Morgan fingerprint density at radius 2 is 2.20 bits per heavy atom. The highest BCUT2D eigenvalue weighted by molar-refractivity contribution is 7.99. The molecule has 1 aromatic rings. The predicted octanol–water partition coefficient (Wildman–Crippen LogP) is 3.21. The van der Waals surface area contributed by atoms with Gasteiger partial charge in [0.05, 0.1) is 5.60 Å². The first kappa shape index (κ1) is 11.0. The standard InChI is InChI=1S/C13H18OS/c1-9-8-15-12-5-4-10(6-11(9)12)7-13(2,3)14/h4-6,9,14H,7-8H2,1-3H3. The summed E-state index contributed by atoms with van der Waals surface area (Å²) in [6.45, 7) is 5.99. The molecule has 1 N–H and O–H groups in total. The number of benzene rings is 1. The van der Waals surface area contributed by atoms with Crippen LogP contribution in [0.1, 0.15) is 37.8 Å². The Hall–Kier alpha value is -0.470. The van der Waals surface area contributed by atoms with E-state index in [0.717, 1.165) is 6.42 Å². The van der Waals surface area contributed by atoms with E-state index in [-0.39, 0.29) is 0 Å². The summed E-state index contributed by atoms with van der Waals surface area (Å²) in [4.78, 5) is 1.42. The van der Waals surface area contributed by atoms with Crippen LogP contribution in [-0.2, 0) is 6.42 Å². The van der Waals surface area contributed by atoms with Gasteiger partial charge in [0.25, 0.3) is 0 Å². The van der Waals surface area contributed by atoms with Crippen LogP contribution >= 0.6 is 11.8 Å². The third-order valence-electron chi connectivity index (χ3n) is 2.73. The molecule has 0 bridgehead atoms. The van der Waals surface area contributed by atoms with Crippen LogP contribution in [0.4, 0.5) is 0 Å². The Bertz CT molecular complexity index is 365. The van der Waals surface area contributed by atoms with E-state index >= 15 is 0 Å². The van der Waals surface area contributed by atoms with Gasteiger partial charge in [-0.3, -0.25) is 0 Å². The van der Waals surface area contributed by atoms with Crippen molar-refractivity contribution >= 4 is 11.8 Å². The number of thioether (sulfide) groups is 1. The van der Waals surface area contributed by atoms with Gasteiger partial charge in [-0.05, 0) is 37.0 Å². The number of aliphatic hydroxyl groups is 1. The zero-order valence-electron chi connectivity index (χ0n) is 9.58. The first-order valence-corrected chi connectivity index (χ1v) is 6.42. The lowest BCUT2D eigenvalue weighted by Gasteiger charge is -2.17. The summed E-state index contributed by atoms with van der Waals surface area (Å²) in [6.07, 6.45) is 0.734. The van der Waals surface area contributed by atoms with Crippen molar-refractivity contribution in [3.63, 3.8) is 0 Å². The molecule has 1 aliphatic rings. The van der Waals surface area contributed by atoms with Crippen LogP contribution in [0.5, 0.6) is 0 Å². The molecule has 0 aliphatic carbocycles. The van der Waals surface area contributed by atoms with Crippen molar-refractivity contribution in [1.82, 2.24) is 0 Å². The smallest absolute Gasteiger partial charge is 0.0631 e. The molecule has 1 unspecified atom stereocenters. The minimum atomic E-state index is -0.608. The van der Waals surface area contributed by atoms with Crippen LogP contribution in [0, 0.1) is 0 Å². The fraction of sp³-hybridized carbons (Fsp3) is 0.538. The van der Waals surface area contributed by atoms with E-state index in [1.807, 2.05) is 25.6 Å². The van der Waals surface area contributed by atoms with Crippen molar-refractivity contribution in [3.8, 4) is 0 Å². The van der Waals surface area contributed by atoms with Crippen LogP contribution in [0.2, 0.25) is 0 Å². The maximum atomic E-state index is 9.78. The molecule has 0 saturated heterocycles. The first-order valence-electron chi connectivity index (χ1n) is 5.44. The molecular formula is C13H18OS. The van der Waals surface area contributed by atoms with E-state index in [1.54, 1.807) is 0 Å². The molecule has 2 rings (SSSR count). The molecule has 1 aromatic carbocycles. The largest absolute Gasteiger partial charge is 0.390 e. The quantitative estimate of drug-likeness (QED) is 0.829. The average Bonchev–Trinajstić information content (AvgIpc) is 2.45. The Morgan fingerprint density at radius 3 is 2.87 bits per heavy atom. The molecule has 15 heavy (non-hydrogen) atoms. The maximum absolute atomic E-state index is 9.78. The fourth-order valence-corrected chi connectivity index (χ4v) is 3.23. The minimum absolute atomic E-state index is 0.608. The number of hydrogen-bond donors (Lipinski definition) is 1. The average molecular weight is 222 g/mol. The molecule has 1 aliphatic heterocycles. The molecule has 82 valence electrons. The molecule has 2 heteroatoms. The summed E-state index contributed by atoms with van der Waals surface area (Å²) in [5.74, 6) is 1.85. The molecule has 0 radical (unpaired) electrons. The Morgan fingerprint density at radius 1 is 1.47 bits per heavy atom. The normalized spacial score (nSPS) is 20.4.